The van der Waals surface area contributed by atoms with E-state index in [0.717, 1.165) is 6.26 Å². The van der Waals surface area contributed by atoms with E-state index in [0.29, 0.717) is 5.69 Å². The molecule has 0 radical (unpaired) electrons. The zero-order valence-corrected chi connectivity index (χ0v) is 13.5. The van der Waals surface area contributed by atoms with E-state index in [1.165, 1.54) is 32.3 Å². The van der Waals surface area contributed by atoms with Gasteiger partial charge in [0.1, 0.15) is 4.90 Å². The highest BCUT2D eigenvalue weighted by Gasteiger charge is 2.32. The molecule has 0 fully saturated rings. The first-order valence-corrected chi connectivity index (χ1v) is 9.20. The molecule has 0 saturated carbocycles. The number of hydrogen-bond acceptors (Lipinski definition) is 6. The summed E-state index contributed by atoms with van der Waals surface area (Å²) in [6.45, 7) is 2.71. The van der Waals surface area contributed by atoms with Gasteiger partial charge in [-0.05, 0) is 19.9 Å². The fraction of sp³-hybridized carbons (Fsp3) is 0.545. The van der Waals surface area contributed by atoms with Crippen LogP contribution in [0.2, 0.25) is 0 Å². The van der Waals surface area contributed by atoms with Crippen molar-refractivity contribution in [3.05, 3.63) is 18.5 Å². The van der Waals surface area contributed by atoms with Gasteiger partial charge in [0, 0.05) is 32.2 Å². The Balaban J connectivity index is 3.03. The number of hydrogen-bond donors (Lipinski definition) is 2. The monoisotopic (exact) mass is 321 g/mol. The highest BCUT2D eigenvalue weighted by atomic mass is 32.2. The molecule has 0 aromatic carbocycles. The Morgan fingerprint density at radius 2 is 1.85 bits per heavy atom. The second-order valence-electron chi connectivity index (χ2n) is 4.98. The van der Waals surface area contributed by atoms with Gasteiger partial charge in [-0.25, -0.2) is 21.6 Å². The molecule has 114 valence electrons. The lowest BCUT2D eigenvalue weighted by molar-refractivity contribution is 0.537. The van der Waals surface area contributed by atoms with Crippen molar-refractivity contribution in [1.82, 2.24) is 9.71 Å². The van der Waals surface area contributed by atoms with Gasteiger partial charge in [-0.3, -0.25) is 4.98 Å². The van der Waals surface area contributed by atoms with E-state index < -0.39 is 24.6 Å². The maximum absolute atomic E-state index is 12.2. The topological polar surface area (TPSA) is 105 Å². The normalized spacial score (nSPS) is 13.2. The van der Waals surface area contributed by atoms with Gasteiger partial charge in [0.25, 0.3) is 0 Å². The third-order valence-corrected chi connectivity index (χ3v) is 6.62. The molecular weight excluding hydrogens is 302 g/mol. The number of aromatic nitrogens is 1. The Morgan fingerprint density at radius 1 is 1.25 bits per heavy atom. The lowest BCUT2D eigenvalue weighted by Gasteiger charge is -2.23. The molecule has 0 spiro atoms. The van der Waals surface area contributed by atoms with Crippen molar-refractivity contribution >= 4 is 25.5 Å². The maximum atomic E-state index is 12.2. The lowest BCUT2D eigenvalue weighted by Crippen LogP contribution is -2.43. The van der Waals surface area contributed by atoms with Crippen LogP contribution in [0.1, 0.15) is 13.8 Å². The molecule has 9 heteroatoms. The minimum absolute atomic E-state index is 0.0215. The van der Waals surface area contributed by atoms with Crippen molar-refractivity contribution in [1.29, 1.82) is 0 Å². The molecule has 0 amide bonds. The van der Waals surface area contributed by atoms with Crippen LogP contribution in [-0.4, -0.2) is 46.4 Å². The molecule has 0 unspecified atom stereocenters. The average molecular weight is 321 g/mol. The first-order valence-electron chi connectivity index (χ1n) is 5.82. The van der Waals surface area contributed by atoms with Crippen LogP contribution in [0.25, 0.3) is 0 Å². The number of rotatable bonds is 6. The van der Waals surface area contributed by atoms with Crippen LogP contribution >= 0.6 is 0 Å². The summed E-state index contributed by atoms with van der Waals surface area (Å²) in [5.74, 6) is 0. The summed E-state index contributed by atoms with van der Waals surface area (Å²) in [4.78, 5) is 3.75. The van der Waals surface area contributed by atoms with Crippen LogP contribution in [0.15, 0.2) is 23.4 Å². The van der Waals surface area contributed by atoms with Gasteiger partial charge in [-0.15, -0.1) is 0 Å². The summed E-state index contributed by atoms with van der Waals surface area (Å²) >= 11 is 0. The van der Waals surface area contributed by atoms with Crippen LogP contribution in [0.4, 0.5) is 5.69 Å². The van der Waals surface area contributed by atoms with Gasteiger partial charge in [0.15, 0.2) is 9.84 Å². The van der Waals surface area contributed by atoms with Crippen molar-refractivity contribution in [2.75, 3.05) is 25.2 Å². The molecule has 0 aliphatic heterocycles. The number of nitrogens with one attached hydrogen (secondary N) is 2. The molecular formula is C11H19N3O4S2. The van der Waals surface area contributed by atoms with Crippen molar-refractivity contribution in [3.63, 3.8) is 0 Å². The molecule has 1 rings (SSSR count). The van der Waals surface area contributed by atoms with E-state index in [2.05, 4.69) is 15.0 Å². The Morgan fingerprint density at radius 3 is 2.35 bits per heavy atom. The molecule has 7 nitrogen and oxygen atoms in total. The Hall–Kier alpha value is -1.19. The quantitative estimate of drug-likeness (QED) is 0.777. The van der Waals surface area contributed by atoms with Crippen molar-refractivity contribution < 1.29 is 16.8 Å². The fourth-order valence-corrected chi connectivity index (χ4v) is 3.07. The second-order valence-corrected chi connectivity index (χ2v) is 9.36. The first-order chi connectivity index (χ1) is 9.01. The molecule has 1 aromatic rings. The molecule has 0 atom stereocenters. The van der Waals surface area contributed by atoms with Gasteiger partial charge < -0.3 is 5.32 Å². The van der Waals surface area contributed by atoms with Gasteiger partial charge in [0.2, 0.25) is 10.0 Å². The summed E-state index contributed by atoms with van der Waals surface area (Å²) in [6, 6.07) is 1.52. The number of sulfone groups is 1. The van der Waals surface area contributed by atoms with Gasteiger partial charge in [-0.2, -0.15) is 0 Å². The van der Waals surface area contributed by atoms with Crippen molar-refractivity contribution in [2.24, 2.45) is 0 Å². The summed E-state index contributed by atoms with van der Waals surface area (Å²) in [6.07, 6.45) is 3.75. The summed E-state index contributed by atoms with van der Waals surface area (Å²) in [5, 5.41) is 2.75. The lowest BCUT2D eigenvalue weighted by atomic mass is 10.2. The van der Waals surface area contributed by atoms with E-state index in [1.54, 1.807) is 7.05 Å². The van der Waals surface area contributed by atoms with Gasteiger partial charge in [-0.1, -0.05) is 0 Å². The smallest absolute Gasteiger partial charge is 0.244 e. The SMILES string of the molecule is CNc1ccncc1S(=O)(=O)NCC(C)(C)S(C)(=O)=O. The van der Waals surface area contributed by atoms with E-state index in [-0.39, 0.29) is 11.4 Å². The summed E-state index contributed by atoms with van der Waals surface area (Å²) in [5.41, 5.74) is 0.393. The maximum Gasteiger partial charge on any atom is 0.244 e. The molecule has 1 aromatic heterocycles. The van der Waals surface area contributed by atoms with Crippen LogP contribution in [0, 0.1) is 0 Å². The van der Waals surface area contributed by atoms with E-state index >= 15 is 0 Å². The highest BCUT2D eigenvalue weighted by molar-refractivity contribution is 7.92. The highest BCUT2D eigenvalue weighted by Crippen LogP contribution is 2.20. The first kappa shape index (κ1) is 16.9. The fourth-order valence-electron chi connectivity index (χ4n) is 1.28. The molecule has 0 bridgehead atoms. The van der Waals surface area contributed by atoms with E-state index in [1.807, 2.05) is 0 Å². The van der Waals surface area contributed by atoms with Crippen molar-refractivity contribution in [3.8, 4) is 0 Å². The number of anilines is 1. The Kier molecular flexibility index (Phi) is 4.78. The minimum atomic E-state index is -3.84. The van der Waals surface area contributed by atoms with Gasteiger partial charge in [0.05, 0.1) is 10.4 Å². The van der Waals surface area contributed by atoms with Gasteiger partial charge >= 0.3 is 0 Å². The molecule has 0 aliphatic carbocycles. The predicted molar refractivity (Wildman–Crippen MR) is 77.9 cm³/mol. The standard InChI is InChI=1S/C11H19N3O4S2/c1-11(2,19(4,15)16)8-14-20(17,18)10-7-13-6-5-9(10)12-3/h5-7,14H,8H2,1-4H3,(H,12,13). The number of nitrogens with zero attached hydrogens (tertiary/aromatic N) is 1. The zero-order chi connectivity index (χ0) is 15.6. The van der Waals surface area contributed by atoms with Crippen LogP contribution < -0.4 is 10.0 Å². The predicted octanol–water partition coefficient (Wildman–Crippen LogP) is 0.225. The van der Waals surface area contributed by atoms with Crippen LogP contribution in [0.5, 0.6) is 0 Å². The zero-order valence-electron chi connectivity index (χ0n) is 11.8. The molecule has 1 heterocycles. The summed E-state index contributed by atoms with van der Waals surface area (Å²) < 4.78 is 48.7. The molecule has 0 saturated heterocycles. The molecule has 2 N–H and O–H groups in total. The number of pyridine rings is 1. The Bertz CT molecular complexity index is 681. The third-order valence-electron chi connectivity index (χ3n) is 3.04. The second kappa shape index (κ2) is 5.66. The third kappa shape index (κ3) is 3.68. The Labute approximate surface area is 119 Å². The molecule has 20 heavy (non-hydrogen) atoms. The number of sulfonamides is 1. The van der Waals surface area contributed by atoms with Crippen molar-refractivity contribution in [2.45, 2.75) is 23.5 Å². The van der Waals surface area contributed by atoms with Crippen LogP contribution in [0.3, 0.4) is 0 Å². The minimum Gasteiger partial charge on any atom is -0.387 e. The largest absolute Gasteiger partial charge is 0.387 e. The van der Waals surface area contributed by atoms with Crippen LogP contribution in [-0.2, 0) is 19.9 Å². The summed E-state index contributed by atoms with van der Waals surface area (Å²) in [7, 11) is -5.62. The van der Waals surface area contributed by atoms with E-state index in [4.69, 9.17) is 0 Å². The average Bonchev–Trinajstić information content (AvgIpc) is 2.35. The van der Waals surface area contributed by atoms with E-state index in [9.17, 15) is 16.8 Å². The molecule has 0 aliphatic rings.